The number of piperidine rings is 1. The van der Waals surface area contributed by atoms with E-state index >= 15 is 0 Å². The Morgan fingerprint density at radius 3 is 3.12 bits per heavy atom. The fourth-order valence-corrected chi connectivity index (χ4v) is 2.20. The Bertz CT molecular complexity index is 345. The quantitative estimate of drug-likeness (QED) is 0.878. The molecule has 0 amide bonds. The van der Waals surface area contributed by atoms with Crippen molar-refractivity contribution in [3.05, 3.63) is 17.5 Å². The average molecular weight is 241 g/mol. The van der Waals surface area contributed by atoms with Crippen molar-refractivity contribution in [2.24, 2.45) is 0 Å². The molecule has 1 saturated heterocycles. The summed E-state index contributed by atoms with van der Waals surface area (Å²) in [5.41, 5.74) is 0. The summed E-state index contributed by atoms with van der Waals surface area (Å²) >= 11 is 5.77. The Hall–Kier alpha value is -0.870. The van der Waals surface area contributed by atoms with Crippen molar-refractivity contribution < 1.29 is 0 Å². The molecule has 5 heteroatoms. The molecule has 1 aliphatic rings. The van der Waals surface area contributed by atoms with Crippen LogP contribution in [0.1, 0.15) is 19.3 Å². The van der Waals surface area contributed by atoms with Crippen LogP contribution in [0, 0.1) is 0 Å². The van der Waals surface area contributed by atoms with Crippen molar-refractivity contribution >= 4 is 17.4 Å². The van der Waals surface area contributed by atoms with Crippen molar-refractivity contribution in [2.45, 2.75) is 25.3 Å². The van der Waals surface area contributed by atoms with E-state index in [-0.39, 0.29) is 0 Å². The number of hydrogen-bond donors (Lipinski definition) is 1. The summed E-state index contributed by atoms with van der Waals surface area (Å²) in [5.74, 6) is 0.756. The van der Waals surface area contributed by atoms with Crippen molar-refractivity contribution in [1.29, 1.82) is 0 Å². The van der Waals surface area contributed by atoms with E-state index in [0.29, 0.717) is 11.2 Å². The molecule has 2 rings (SSSR count). The van der Waals surface area contributed by atoms with Crippen LogP contribution in [-0.4, -0.2) is 41.0 Å². The van der Waals surface area contributed by atoms with Crippen LogP contribution in [-0.2, 0) is 0 Å². The standard InChI is InChI=1S/C11H17ClN4/c1-16-5-3-2-4-9(16)6-14-11-8-13-7-10(12)15-11/h7-9H,2-6H2,1H3,(H,14,15). The summed E-state index contributed by atoms with van der Waals surface area (Å²) in [4.78, 5) is 10.5. The maximum atomic E-state index is 5.77. The molecule has 0 aliphatic carbocycles. The summed E-state index contributed by atoms with van der Waals surface area (Å²) in [6.07, 6.45) is 7.12. The molecule has 0 spiro atoms. The molecular formula is C11H17ClN4. The van der Waals surface area contributed by atoms with Gasteiger partial charge in [0.2, 0.25) is 0 Å². The summed E-state index contributed by atoms with van der Waals surface area (Å²) in [6.45, 7) is 2.10. The monoisotopic (exact) mass is 240 g/mol. The minimum atomic E-state index is 0.432. The second-order valence-corrected chi connectivity index (χ2v) is 4.63. The zero-order chi connectivity index (χ0) is 11.4. The van der Waals surface area contributed by atoms with Crippen LogP contribution in [0.15, 0.2) is 12.4 Å². The van der Waals surface area contributed by atoms with Crippen LogP contribution in [0.25, 0.3) is 0 Å². The molecule has 1 unspecified atom stereocenters. The Kier molecular flexibility index (Phi) is 3.96. The fraction of sp³-hybridized carbons (Fsp3) is 0.636. The van der Waals surface area contributed by atoms with Gasteiger partial charge in [0, 0.05) is 12.6 Å². The molecule has 0 bridgehead atoms. The molecule has 1 aromatic heterocycles. The van der Waals surface area contributed by atoms with Gasteiger partial charge in [-0.3, -0.25) is 4.98 Å². The number of likely N-dealkylation sites (N-methyl/N-ethyl adjacent to an activating group) is 1. The maximum Gasteiger partial charge on any atom is 0.149 e. The predicted octanol–water partition coefficient (Wildman–Crippen LogP) is 2.03. The molecule has 1 fully saturated rings. The van der Waals surface area contributed by atoms with Crippen LogP contribution in [0.3, 0.4) is 0 Å². The fourth-order valence-electron chi connectivity index (χ4n) is 2.05. The van der Waals surface area contributed by atoms with Crippen LogP contribution in [0.4, 0.5) is 5.82 Å². The molecule has 4 nitrogen and oxygen atoms in total. The van der Waals surface area contributed by atoms with E-state index in [0.717, 1.165) is 12.4 Å². The van der Waals surface area contributed by atoms with Crippen molar-refractivity contribution in [3.8, 4) is 0 Å². The smallest absolute Gasteiger partial charge is 0.149 e. The molecule has 0 radical (unpaired) electrons. The van der Waals surface area contributed by atoms with E-state index < -0.39 is 0 Å². The predicted molar refractivity (Wildman–Crippen MR) is 65.8 cm³/mol. The molecular weight excluding hydrogens is 224 g/mol. The van der Waals surface area contributed by atoms with Crippen LogP contribution >= 0.6 is 11.6 Å². The lowest BCUT2D eigenvalue weighted by Crippen LogP contribution is -2.40. The Morgan fingerprint density at radius 2 is 2.38 bits per heavy atom. The number of aromatic nitrogens is 2. The first-order valence-corrected chi connectivity index (χ1v) is 6.05. The first kappa shape index (κ1) is 11.6. The lowest BCUT2D eigenvalue weighted by atomic mass is 10.0. The largest absolute Gasteiger partial charge is 0.367 e. The highest BCUT2D eigenvalue weighted by Crippen LogP contribution is 2.15. The molecule has 1 aromatic rings. The van der Waals surface area contributed by atoms with Gasteiger partial charge in [0.25, 0.3) is 0 Å². The van der Waals surface area contributed by atoms with E-state index in [2.05, 4.69) is 27.2 Å². The number of anilines is 1. The Morgan fingerprint density at radius 1 is 1.50 bits per heavy atom. The number of halogens is 1. The highest BCUT2D eigenvalue weighted by molar-refractivity contribution is 6.29. The van der Waals surface area contributed by atoms with E-state index in [4.69, 9.17) is 11.6 Å². The lowest BCUT2D eigenvalue weighted by Gasteiger charge is -2.32. The topological polar surface area (TPSA) is 41.0 Å². The number of hydrogen-bond acceptors (Lipinski definition) is 4. The first-order valence-electron chi connectivity index (χ1n) is 5.67. The van der Waals surface area contributed by atoms with Gasteiger partial charge in [-0.05, 0) is 26.4 Å². The highest BCUT2D eigenvalue weighted by Gasteiger charge is 2.18. The summed E-state index contributed by atoms with van der Waals surface area (Å²) in [5, 5.41) is 3.72. The summed E-state index contributed by atoms with van der Waals surface area (Å²) in [7, 11) is 2.18. The van der Waals surface area contributed by atoms with Crippen molar-refractivity contribution in [1.82, 2.24) is 14.9 Å². The zero-order valence-corrected chi connectivity index (χ0v) is 10.2. The van der Waals surface area contributed by atoms with E-state index in [9.17, 15) is 0 Å². The van der Waals surface area contributed by atoms with E-state index in [1.807, 2.05) is 0 Å². The first-order chi connectivity index (χ1) is 7.75. The van der Waals surface area contributed by atoms with Gasteiger partial charge in [-0.2, -0.15) is 0 Å². The van der Waals surface area contributed by atoms with E-state index in [1.54, 1.807) is 12.4 Å². The lowest BCUT2D eigenvalue weighted by molar-refractivity contribution is 0.194. The maximum absolute atomic E-state index is 5.77. The van der Waals surface area contributed by atoms with Crippen LogP contribution in [0.2, 0.25) is 5.15 Å². The summed E-state index contributed by atoms with van der Waals surface area (Å²) < 4.78 is 0. The van der Waals surface area contributed by atoms with Gasteiger partial charge in [-0.25, -0.2) is 4.98 Å². The van der Waals surface area contributed by atoms with Crippen molar-refractivity contribution in [2.75, 3.05) is 25.5 Å². The minimum Gasteiger partial charge on any atom is -0.367 e. The van der Waals surface area contributed by atoms with Crippen LogP contribution < -0.4 is 5.32 Å². The number of nitrogens with one attached hydrogen (secondary N) is 1. The Labute approximate surface area is 101 Å². The molecule has 0 aromatic carbocycles. The number of rotatable bonds is 3. The zero-order valence-electron chi connectivity index (χ0n) is 9.49. The number of nitrogens with zero attached hydrogens (tertiary/aromatic N) is 3. The average Bonchev–Trinajstić information content (AvgIpc) is 2.28. The molecule has 1 N–H and O–H groups in total. The SMILES string of the molecule is CN1CCCCC1CNc1cncc(Cl)n1. The third-order valence-corrected chi connectivity index (χ3v) is 3.23. The normalized spacial score (nSPS) is 22.0. The van der Waals surface area contributed by atoms with E-state index in [1.165, 1.54) is 25.8 Å². The van der Waals surface area contributed by atoms with Gasteiger partial charge >= 0.3 is 0 Å². The third kappa shape index (κ3) is 3.06. The summed E-state index contributed by atoms with van der Waals surface area (Å²) in [6, 6.07) is 0.592. The molecule has 0 saturated carbocycles. The highest BCUT2D eigenvalue weighted by atomic mass is 35.5. The molecule has 1 atom stereocenters. The van der Waals surface area contributed by atoms with Gasteiger partial charge in [-0.1, -0.05) is 18.0 Å². The van der Waals surface area contributed by atoms with Gasteiger partial charge in [0.1, 0.15) is 11.0 Å². The minimum absolute atomic E-state index is 0.432. The molecule has 1 aliphatic heterocycles. The van der Waals surface area contributed by atoms with Gasteiger partial charge in [0.05, 0.1) is 12.4 Å². The molecule has 88 valence electrons. The van der Waals surface area contributed by atoms with Crippen molar-refractivity contribution in [3.63, 3.8) is 0 Å². The van der Waals surface area contributed by atoms with Gasteiger partial charge < -0.3 is 10.2 Å². The van der Waals surface area contributed by atoms with Gasteiger partial charge in [0.15, 0.2) is 0 Å². The molecule has 16 heavy (non-hydrogen) atoms. The second kappa shape index (κ2) is 5.46. The van der Waals surface area contributed by atoms with Gasteiger partial charge in [-0.15, -0.1) is 0 Å². The molecule has 2 heterocycles. The van der Waals surface area contributed by atoms with Crippen LogP contribution in [0.5, 0.6) is 0 Å². The Balaban J connectivity index is 1.86. The third-order valence-electron chi connectivity index (χ3n) is 3.05. The second-order valence-electron chi connectivity index (χ2n) is 4.24. The number of likely N-dealkylation sites (tertiary alicyclic amines) is 1.